The van der Waals surface area contributed by atoms with E-state index in [9.17, 15) is 4.79 Å². The Morgan fingerprint density at radius 2 is 1.79 bits per heavy atom. The summed E-state index contributed by atoms with van der Waals surface area (Å²) >= 11 is 6.30. The summed E-state index contributed by atoms with van der Waals surface area (Å²) < 4.78 is 5.97. The molecule has 0 radical (unpaired) electrons. The Balaban J connectivity index is 1.63. The molecule has 2 N–H and O–H groups in total. The van der Waals surface area contributed by atoms with Crippen LogP contribution in [0.15, 0.2) is 65.1 Å². The molecule has 1 atom stereocenters. The predicted octanol–water partition coefficient (Wildman–Crippen LogP) is 5.64. The maximum atomic E-state index is 12.9. The van der Waals surface area contributed by atoms with Crippen molar-refractivity contribution in [3.8, 4) is 11.3 Å². The van der Waals surface area contributed by atoms with E-state index in [4.69, 9.17) is 21.8 Å². The number of benzene rings is 2. The number of carbonyl (C=O) groups is 1. The fourth-order valence-electron chi connectivity index (χ4n) is 3.97. The minimum absolute atomic E-state index is 0.0301. The number of hydrogen-bond donors (Lipinski definition) is 1. The molecule has 28 heavy (non-hydrogen) atoms. The van der Waals surface area contributed by atoms with Gasteiger partial charge in [-0.15, -0.1) is 0 Å². The summed E-state index contributed by atoms with van der Waals surface area (Å²) in [7, 11) is 0. The van der Waals surface area contributed by atoms with Gasteiger partial charge in [-0.3, -0.25) is 4.79 Å². The SMILES string of the molecule is Nc1c2c(nc3oc(-c4ccccc4Cl)cc13)CC(c1ccccc1)CC2=O. The molecule has 5 heteroatoms. The minimum atomic E-state index is 0.0301. The Bertz CT molecular complexity index is 1210. The zero-order chi connectivity index (χ0) is 19.3. The van der Waals surface area contributed by atoms with Crippen LogP contribution in [-0.4, -0.2) is 10.8 Å². The zero-order valence-corrected chi connectivity index (χ0v) is 15.7. The smallest absolute Gasteiger partial charge is 0.229 e. The fourth-order valence-corrected chi connectivity index (χ4v) is 4.20. The maximum absolute atomic E-state index is 12.9. The van der Waals surface area contributed by atoms with Gasteiger partial charge in [-0.25, -0.2) is 4.98 Å². The Labute approximate surface area is 166 Å². The number of rotatable bonds is 2. The summed E-state index contributed by atoms with van der Waals surface area (Å²) in [5.74, 6) is 0.722. The molecule has 2 heterocycles. The van der Waals surface area contributed by atoms with Crippen molar-refractivity contribution in [2.45, 2.75) is 18.8 Å². The van der Waals surface area contributed by atoms with Crippen molar-refractivity contribution in [2.75, 3.05) is 5.73 Å². The molecule has 4 nitrogen and oxygen atoms in total. The van der Waals surface area contributed by atoms with Gasteiger partial charge in [0.1, 0.15) is 5.76 Å². The normalized spacial score (nSPS) is 16.3. The van der Waals surface area contributed by atoms with Crippen molar-refractivity contribution in [3.63, 3.8) is 0 Å². The van der Waals surface area contributed by atoms with Gasteiger partial charge < -0.3 is 10.2 Å². The van der Waals surface area contributed by atoms with Crippen molar-refractivity contribution < 1.29 is 9.21 Å². The molecular formula is C23H17ClN2O2. The van der Waals surface area contributed by atoms with Crippen LogP contribution in [0.5, 0.6) is 0 Å². The van der Waals surface area contributed by atoms with E-state index >= 15 is 0 Å². The van der Waals surface area contributed by atoms with Crippen LogP contribution in [0.2, 0.25) is 5.02 Å². The zero-order valence-electron chi connectivity index (χ0n) is 15.0. The molecule has 0 amide bonds. The molecule has 0 fully saturated rings. The molecule has 5 rings (SSSR count). The number of Topliss-reactive ketones (excluding diaryl/α,β-unsaturated/α-hetero) is 1. The second kappa shape index (κ2) is 6.50. The molecule has 0 saturated heterocycles. The highest BCUT2D eigenvalue weighted by Gasteiger charge is 2.31. The van der Waals surface area contributed by atoms with E-state index in [0.29, 0.717) is 51.7 Å². The van der Waals surface area contributed by atoms with Crippen LogP contribution in [0.4, 0.5) is 5.69 Å². The molecule has 2 aromatic carbocycles. The quantitative estimate of drug-likeness (QED) is 0.482. The number of ketones is 1. The number of hydrogen-bond acceptors (Lipinski definition) is 4. The highest BCUT2D eigenvalue weighted by atomic mass is 35.5. The first-order valence-electron chi connectivity index (χ1n) is 9.16. The van der Waals surface area contributed by atoms with Crippen molar-refractivity contribution in [2.24, 2.45) is 0 Å². The third kappa shape index (κ3) is 2.69. The molecule has 0 aliphatic heterocycles. The van der Waals surface area contributed by atoms with E-state index in [1.165, 1.54) is 0 Å². The van der Waals surface area contributed by atoms with Gasteiger partial charge >= 0.3 is 0 Å². The largest absolute Gasteiger partial charge is 0.438 e. The Morgan fingerprint density at radius 3 is 2.57 bits per heavy atom. The molecular weight excluding hydrogens is 372 g/mol. The highest BCUT2D eigenvalue weighted by Crippen LogP contribution is 2.40. The molecule has 4 aromatic rings. The van der Waals surface area contributed by atoms with E-state index < -0.39 is 0 Å². The third-order valence-electron chi connectivity index (χ3n) is 5.36. The molecule has 0 spiro atoms. The van der Waals surface area contributed by atoms with E-state index in [1.54, 1.807) is 6.07 Å². The predicted molar refractivity (Wildman–Crippen MR) is 111 cm³/mol. The second-order valence-electron chi connectivity index (χ2n) is 7.10. The Kier molecular flexibility index (Phi) is 3.95. The molecule has 0 bridgehead atoms. The molecule has 1 unspecified atom stereocenters. The van der Waals surface area contributed by atoms with Gasteiger partial charge in [-0.1, -0.05) is 54.1 Å². The molecule has 138 valence electrons. The van der Waals surface area contributed by atoms with Gasteiger partial charge in [-0.05, 0) is 36.1 Å². The molecule has 1 aliphatic carbocycles. The second-order valence-corrected chi connectivity index (χ2v) is 7.50. The summed E-state index contributed by atoms with van der Waals surface area (Å²) in [6, 6.07) is 19.3. The lowest BCUT2D eigenvalue weighted by atomic mass is 9.81. The molecule has 0 saturated carbocycles. The van der Waals surface area contributed by atoms with Crippen molar-refractivity contribution >= 4 is 34.2 Å². The van der Waals surface area contributed by atoms with Crippen molar-refractivity contribution in [1.82, 2.24) is 4.98 Å². The first-order valence-corrected chi connectivity index (χ1v) is 9.54. The summed E-state index contributed by atoms with van der Waals surface area (Å²) in [5, 5.41) is 1.24. The number of nitrogen functional groups attached to an aromatic ring is 1. The van der Waals surface area contributed by atoms with Crippen LogP contribution in [0.1, 0.15) is 34.0 Å². The van der Waals surface area contributed by atoms with Gasteiger partial charge in [0.2, 0.25) is 5.71 Å². The van der Waals surface area contributed by atoms with Gasteiger partial charge in [-0.2, -0.15) is 0 Å². The number of carbonyl (C=O) groups excluding carboxylic acids is 1. The number of furan rings is 1. The van der Waals surface area contributed by atoms with E-state index in [-0.39, 0.29) is 11.7 Å². The summed E-state index contributed by atoms with van der Waals surface area (Å²) in [5.41, 5.74) is 10.4. The number of fused-ring (bicyclic) bond motifs is 2. The minimum Gasteiger partial charge on any atom is -0.438 e. The van der Waals surface area contributed by atoms with Gasteiger partial charge in [0.05, 0.1) is 27.4 Å². The van der Waals surface area contributed by atoms with Crippen molar-refractivity contribution in [3.05, 3.63) is 82.5 Å². The van der Waals surface area contributed by atoms with Crippen molar-refractivity contribution in [1.29, 1.82) is 0 Å². The molecule has 1 aliphatic rings. The number of anilines is 1. The lowest BCUT2D eigenvalue weighted by Crippen LogP contribution is -2.21. The number of pyridine rings is 1. The summed E-state index contributed by atoms with van der Waals surface area (Å²) in [4.78, 5) is 17.6. The average molecular weight is 389 g/mol. The molecule has 2 aromatic heterocycles. The maximum Gasteiger partial charge on any atom is 0.229 e. The van der Waals surface area contributed by atoms with Crippen LogP contribution in [0.25, 0.3) is 22.4 Å². The lowest BCUT2D eigenvalue weighted by molar-refractivity contribution is 0.0964. The lowest BCUT2D eigenvalue weighted by Gasteiger charge is -2.24. The van der Waals surface area contributed by atoms with E-state index in [1.807, 2.05) is 54.6 Å². The van der Waals surface area contributed by atoms with E-state index in [2.05, 4.69) is 4.98 Å². The first-order chi connectivity index (χ1) is 13.6. The Morgan fingerprint density at radius 1 is 1.04 bits per heavy atom. The Hall–Kier alpha value is -3.11. The standard InChI is InChI=1S/C23H17ClN2O2/c24-17-9-5-4-8-15(17)20-12-16-22(25)21-18(26-23(16)28-20)10-14(11-19(21)27)13-6-2-1-3-7-13/h1-9,12,14H,10-11H2,(H2,25,26). The highest BCUT2D eigenvalue weighted by molar-refractivity contribution is 6.33. The van der Waals surface area contributed by atoms with Gasteiger partial charge in [0, 0.05) is 12.0 Å². The number of halogens is 1. The first kappa shape index (κ1) is 17.0. The fraction of sp³-hybridized carbons (Fsp3) is 0.130. The number of aromatic nitrogens is 1. The van der Waals surface area contributed by atoms with Crippen LogP contribution in [-0.2, 0) is 6.42 Å². The van der Waals surface area contributed by atoms with E-state index in [0.717, 1.165) is 11.1 Å². The summed E-state index contributed by atoms with van der Waals surface area (Å²) in [6.07, 6.45) is 1.09. The van der Waals surface area contributed by atoms with Crippen LogP contribution < -0.4 is 5.73 Å². The summed E-state index contributed by atoms with van der Waals surface area (Å²) in [6.45, 7) is 0. The van der Waals surface area contributed by atoms with Crippen LogP contribution >= 0.6 is 11.6 Å². The number of nitrogens with two attached hydrogens (primary N) is 1. The monoisotopic (exact) mass is 388 g/mol. The van der Waals surface area contributed by atoms with Gasteiger partial charge in [0.25, 0.3) is 0 Å². The number of nitrogens with zero attached hydrogens (tertiary/aromatic N) is 1. The van der Waals surface area contributed by atoms with Crippen LogP contribution in [0.3, 0.4) is 0 Å². The third-order valence-corrected chi connectivity index (χ3v) is 5.69. The average Bonchev–Trinajstić information content (AvgIpc) is 3.13. The van der Waals surface area contributed by atoms with Gasteiger partial charge in [0.15, 0.2) is 5.78 Å². The topological polar surface area (TPSA) is 69.1 Å². The van der Waals surface area contributed by atoms with Crippen LogP contribution in [0, 0.1) is 0 Å².